The van der Waals surface area contributed by atoms with E-state index in [1.165, 1.54) is 11.1 Å². The van der Waals surface area contributed by atoms with Gasteiger partial charge in [0.05, 0.1) is 18.7 Å². The van der Waals surface area contributed by atoms with Gasteiger partial charge in [-0.1, -0.05) is 35.9 Å². The van der Waals surface area contributed by atoms with Gasteiger partial charge in [-0.3, -0.25) is 15.0 Å². The van der Waals surface area contributed by atoms with Crippen molar-refractivity contribution in [3.8, 4) is 0 Å². The first-order valence-corrected chi connectivity index (χ1v) is 9.11. The summed E-state index contributed by atoms with van der Waals surface area (Å²) in [4.78, 5) is 13.9. The van der Waals surface area contributed by atoms with Crippen molar-refractivity contribution in [1.29, 1.82) is 0 Å². The highest BCUT2D eigenvalue weighted by molar-refractivity contribution is 5.87. The summed E-state index contributed by atoms with van der Waals surface area (Å²) in [5.74, 6) is 0.778. The first kappa shape index (κ1) is 18.6. The number of nitrogens with zero attached hydrogens (tertiary/aromatic N) is 1. The molecule has 1 aromatic carbocycles. The topological polar surface area (TPSA) is 90.6 Å². The Balaban J connectivity index is 2.08. The summed E-state index contributed by atoms with van der Waals surface area (Å²) in [5, 5.41) is 16.0. The summed E-state index contributed by atoms with van der Waals surface area (Å²) in [6.07, 6.45) is 4.28. The maximum Gasteiger partial charge on any atom is 0.152 e. The Kier molecular flexibility index (Phi) is 5.76. The van der Waals surface area contributed by atoms with Crippen molar-refractivity contribution in [2.45, 2.75) is 38.4 Å². The molecule has 0 bridgehead atoms. The fourth-order valence-electron chi connectivity index (χ4n) is 3.92. The lowest BCUT2D eigenvalue weighted by molar-refractivity contribution is -0.112. The molecule has 3 unspecified atom stereocenters. The van der Waals surface area contributed by atoms with Crippen molar-refractivity contribution < 1.29 is 9.90 Å². The third kappa shape index (κ3) is 3.67. The van der Waals surface area contributed by atoms with Crippen LogP contribution in [0.2, 0.25) is 0 Å². The molecule has 26 heavy (non-hydrogen) atoms. The monoisotopic (exact) mass is 356 g/mol. The molecule has 0 saturated carbocycles. The molecule has 6 heteroatoms. The molecule has 0 aromatic heterocycles. The number of aliphatic hydroxyl groups is 1. The van der Waals surface area contributed by atoms with Gasteiger partial charge in [-0.25, -0.2) is 0 Å². The number of nitrogens with two attached hydrogens (primary N) is 1. The lowest BCUT2D eigenvalue weighted by atomic mass is 9.86. The quantitative estimate of drug-likeness (QED) is 0.567. The number of carbonyl (C=O) groups excluding carboxylic acids is 1. The molecule has 0 spiro atoms. The Bertz CT molecular complexity index is 711. The Morgan fingerprint density at radius 3 is 2.77 bits per heavy atom. The fourth-order valence-corrected chi connectivity index (χ4v) is 3.92. The zero-order valence-corrected chi connectivity index (χ0v) is 15.4. The smallest absolute Gasteiger partial charge is 0.152 e. The second-order valence-corrected chi connectivity index (χ2v) is 6.99. The minimum atomic E-state index is -0.00397. The van der Waals surface area contributed by atoms with Crippen LogP contribution < -0.4 is 16.4 Å². The van der Waals surface area contributed by atoms with Gasteiger partial charge in [0, 0.05) is 30.7 Å². The van der Waals surface area contributed by atoms with E-state index in [0.29, 0.717) is 18.9 Å². The van der Waals surface area contributed by atoms with E-state index in [1.807, 2.05) is 6.08 Å². The summed E-state index contributed by atoms with van der Waals surface area (Å²) in [7, 11) is 0. The normalized spacial score (nSPS) is 26.2. The van der Waals surface area contributed by atoms with Crippen LogP contribution in [0, 0.1) is 6.92 Å². The standard InChI is InChI=1S/C20H28N4O2/c1-13-4-7-15(8-5-13)17-16(9-6-14(2)26)24(10-3-11-25)20-18(17)19(21)22-12-23-20/h4-9,16-17,20,22-23,25H,3,10-12,21H2,1-2H3/b9-6+. The van der Waals surface area contributed by atoms with Crippen molar-refractivity contribution in [3.05, 3.63) is 58.9 Å². The van der Waals surface area contributed by atoms with Gasteiger partial charge in [0.2, 0.25) is 0 Å². The first-order valence-electron chi connectivity index (χ1n) is 9.11. The Morgan fingerprint density at radius 1 is 1.38 bits per heavy atom. The fraction of sp³-hybridized carbons (Fsp3) is 0.450. The molecule has 2 aliphatic heterocycles. The second kappa shape index (κ2) is 8.03. The first-order chi connectivity index (χ1) is 12.5. The number of carbonyl (C=O) groups is 1. The molecule has 2 heterocycles. The minimum Gasteiger partial charge on any atom is -0.396 e. The Labute approximate surface area is 154 Å². The molecule has 1 saturated heterocycles. The van der Waals surface area contributed by atoms with E-state index >= 15 is 0 Å². The van der Waals surface area contributed by atoms with E-state index < -0.39 is 0 Å². The molecular formula is C20H28N4O2. The number of rotatable bonds is 6. The molecule has 5 N–H and O–H groups in total. The molecule has 3 atom stereocenters. The van der Waals surface area contributed by atoms with Crippen LogP contribution in [0.25, 0.3) is 0 Å². The molecule has 1 fully saturated rings. The number of fused-ring (bicyclic) bond motifs is 1. The van der Waals surface area contributed by atoms with E-state index in [1.54, 1.807) is 13.0 Å². The van der Waals surface area contributed by atoms with Gasteiger partial charge in [-0.05, 0) is 31.9 Å². The van der Waals surface area contributed by atoms with Crippen LogP contribution in [0.4, 0.5) is 0 Å². The van der Waals surface area contributed by atoms with E-state index in [-0.39, 0.29) is 30.5 Å². The van der Waals surface area contributed by atoms with Gasteiger partial charge in [0.25, 0.3) is 0 Å². The van der Waals surface area contributed by atoms with Crippen molar-refractivity contribution in [1.82, 2.24) is 15.5 Å². The summed E-state index contributed by atoms with van der Waals surface area (Å²) in [5.41, 5.74) is 9.84. The number of benzene rings is 1. The van der Waals surface area contributed by atoms with E-state index in [0.717, 1.165) is 12.1 Å². The summed E-state index contributed by atoms with van der Waals surface area (Å²) < 4.78 is 0. The van der Waals surface area contributed by atoms with Crippen LogP contribution in [0.3, 0.4) is 0 Å². The van der Waals surface area contributed by atoms with Gasteiger partial charge in [0.1, 0.15) is 0 Å². The average molecular weight is 356 g/mol. The number of hydrogen-bond donors (Lipinski definition) is 4. The predicted octanol–water partition coefficient (Wildman–Crippen LogP) is 0.937. The summed E-state index contributed by atoms with van der Waals surface area (Å²) >= 11 is 0. The maximum atomic E-state index is 11.6. The SMILES string of the molecule is CC(=O)/C=C/C1C(c2ccc(C)cc2)C2=C(N)NCNC2N1CCCO. The predicted molar refractivity (Wildman–Crippen MR) is 102 cm³/mol. The third-order valence-corrected chi connectivity index (χ3v) is 5.11. The van der Waals surface area contributed by atoms with Gasteiger partial charge >= 0.3 is 0 Å². The van der Waals surface area contributed by atoms with Crippen molar-refractivity contribution in [2.75, 3.05) is 19.8 Å². The van der Waals surface area contributed by atoms with Gasteiger partial charge in [-0.15, -0.1) is 0 Å². The van der Waals surface area contributed by atoms with Crippen LogP contribution in [0.1, 0.15) is 30.4 Å². The molecule has 1 aromatic rings. The lowest BCUT2D eigenvalue weighted by Gasteiger charge is -2.32. The minimum absolute atomic E-state index is 0.000828. The Morgan fingerprint density at radius 2 is 2.12 bits per heavy atom. The maximum absolute atomic E-state index is 11.6. The molecule has 3 rings (SSSR count). The molecule has 0 amide bonds. The van der Waals surface area contributed by atoms with Crippen LogP contribution in [0.15, 0.2) is 47.8 Å². The molecule has 6 nitrogen and oxygen atoms in total. The highest BCUT2D eigenvalue weighted by atomic mass is 16.3. The highest BCUT2D eigenvalue weighted by Gasteiger charge is 2.46. The van der Waals surface area contributed by atoms with E-state index in [4.69, 9.17) is 5.73 Å². The molecule has 2 aliphatic rings. The number of likely N-dealkylation sites (tertiary alicyclic amines) is 1. The number of hydrogen-bond acceptors (Lipinski definition) is 6. The van der Waals surface area contributed by atoms with E-state index in [2.05, 4.69) is 46.7 Å². The molecule has 140 valence electrons. The zero-order valence-electron chi connectivity index (χ0n) is 15.4. The van der Waals surface area contributed by atoms with Crippen molar-refractivity contribution in [2.24, 2.45) is 5.73 Å². The van der Waals surface area contributed by atoms with Gasteiger partial charge < -0.3 is 16.2 Å². The number of aryl methyl sites for hydroxylation is 1. The van der Waals surface area contributed by atoms with Gasteiger partial charge in [0.15, 0.2) is 5.78 Å². The van der Waals surface area contributed by atoms with E-state index in [9.17, 15) is 9.90 Å². The number of ketones is 1. The highest BCUT2D eigenvalue weighted by Crippen LogP contribution is 2.43. The van der Waals surface area contributed by atoms with Crippen LogP contribution in [0.5, 0.6) is 0 Å². The van der Waals surface area contributed by atoms with Crippen LogP contribution >= 0.6 is 0 Å². The molecule has 0 radical (unpaired) electrons. The summed E-state index contributed by atoms with van der Waals surface area (Å²) in [6, 6.07) is 8.48. The van der Waals surface area contributed by atoms with Gasteiger partial charge in [-0.2, -0.15) is 0 Å². The number of aliphatic hydroxyl groups excluding tert-OH is 1. The number of allylic oxidation sites excluding steroid dienone is 1. The second-order valence-electron chi connectivity index (χ2n) is 6.99. The van der Waals surface area contributed by atoms with Crippen molar-refractivity contribution in [3.63, 3.8) is 0 Å². The lowest BCUT2D eigenvalue weighted by Crippen LogP contribution is -2.52. The van der Waals surface area contributed by atoms with Crippen molar-refractivity contribution >= 4 is 5.78 Å². The average Bonchev–Trinajstić information content (AvgIpc) is 2.93. The van der Waals surface area contributed by atoms with Crippen LogP contribution in [-0.4, -0.2) is 47.8 Å². The molecule has 0 aliphatic carbocycles. The largest absolute Gasteiger partial charge is 0.396 e. The third-order valence-electron chi connectivity index (χ3n) is 5.11. The van der Waals surface area contributed by atoms with Crippen LogP contribution in [-0.2, 0) is 4.79 Å². The molecular weight excluding hydrogens is 328 g/mol. The Hall–Kier alpha value is -2.15. The zero-order chi connectivity index (χ0) is 18.7. The summed E-state index contributed by atoms with van der Waals surface area (Å²) in [6.45, 7) is 5.08. The number of nitrogens with one attached hydrogen (secondary N) is 2.